The number of halogens is 4. The van der Waals surface area contributed by atoms with Crippen LogP contribution in [0.3, 0.4) is 0 Å². The molecule has 0 bridgehead atoms. The molecule has 3 nitrogen and oxygen atoms in total. The van der Waals surface area contributed by atoms with E-state index in [1.807, 2.05) is 0 Å². The lowest BCUT2D eigenvalue weighted by Gasteiger charge is -2.07. The molecule has 0 aliphatic heterocycles. The Bertz CT molecular complexity index is 685. The van der Waals surface area contributed by atoms with E-state index >= 15 is 0 Å². The van der Waals surface area contributed by atoms with Crippen molar-refractivity contribution in [2.75, 3.05) is 0 Å². The summed E-state index contributed by atoms with van der Waals surface area (Å²) in [6.07, 6.45) is 1.10. The van der Waals surface area contributed by atoms with E-state index in [-0.39, 0.29) is 5.02 Å². The Morgan fingerprint density at radius 2 is 1.84 bits per heavy atom. The molecule has 0 N–H and O–H groups in total. The zero-order valence-electron chi connectivity index (χ0n) is 9.12. The molecule has 0 aliphatic carbocycles. The van der Waals surface area contributed by atoms with Gasteiger partial charge in [-0.1, -0.05) is 11.6 Å². The largest absolute Gasteiger partial charge is 0.433 e. The lowest BCUT2D eigenvalue weighted by molar-refractivity contribution is 0.395. The van der Waals surface area contributed by atoms with Crippen LogP contribution in [0.2, 0.25) is 5.02 Å². The van der Waals surface area contributed by atoms with Gasteiger partial charge >= 0.3 is 0 Å². The molecule has 0 amide bonds. The standard InChI is InChI=1S/C12H4ClF3N2O/c13-7-2-10(16)12(18-5-7)19-11-3-8(14)6(4-17)1-9(11)15/h1-3,5H. The molecule has 0 radical (unpaired) electrons. The van der Waals surface area contributed by atoms with Crippen LogP contribution in [-0.2, 0) is 0 Å². The second-order valence-electron chi connectivity index (χ2n) is 3.42. The minimum atomic E-state index is -1.01. The molecular weight excluding hydrogens is 281 g/mol. The van der Waals surface area contributed by atoms with Crippen LogP contribution in [-0.4, -0.2) is 4.98 Å². The van der Waals surface area contributed by atoms with E-state index in [0.717, 1.165) is 12.3 Å². The minimum absolute atomic E-state index is 0.0383. The van der Waals surface area contributed by atoms with Gasteiger partial charge in [0.25, 0.3) is 5.88 Å². The summed E-state index contributed by atoms with van der Waals surface area (Å²) in [5, 5.41) is 8.55. The molecule has 96 valence electrons. The van der Waals surface area contributed by atoms with Crippen LogP contribution >= 0.6 is 11.6 Å². The first-order valence-electron chi connectivity index (χ1n) is 4.89. The molecule has 1 aromatic heterocycles. The molecular formula is C12H4ClF3N2O. The Morgan fingerprint density at radius 1 is 1.11 bits per heavy atom. The van der Waals surface area contributed by atoms with Crippen LogP contribution in [0.1, 0.15) is 5.56 Å². The fourth-order valence-electron chi connectivity index (χ4n) is 1.27. The van der Waals surface area contributed by atoms with Gasteiger partial charge in [-0.05, 0) is 12.1 Å². The fourth-order valence-corrected chi connectivity index (χ4v) is 1.42. The summed E-state index contributed by atoms with van der Waals surface area (Å²) in [5.41, 5.74) is -0.477. The van der Waals surface area contributed by atoms with E-state index < -0.39 is 34.6 Å². The number of hydrogen-bond acceptors (Lipinski definition) is 3. The van der Waals surface area contributed by atoms with Crippen molar-refractivity contribution in [3.05, 3.63) is 52.4 Å². The van der Waals surface area contributed by atoms with Crippen molar-refractivity contribution >= 4 is 11.6 Å². The Hall–Kier alpha value is -2.26. The van der Waals surface area contributed by atoms with Gasteiger partial charge in [-0.3, -0.25) is 0 Å². The van der Waals surface area contributed by atoms with Crippen molar-refractivity contribution in [2.24, 2.45) is 0 Å². The SMILES string of the molecule is N#Cc1cc(F)c(Oc2ncc(Cl)cc2F)cc1F. The van der Waals surface area contributed by atoms with Crippen LogP contribution < -0.4 is 4.74 Å². The van der Waals surface area contributed by atoms with E-state index in [9.17, 15) is 13.2 Å². The highest BCUT2D eigenvalue weighted by atomic mass is 35.5. The molecule has 0 atom stereocenters. The fraction of sp³-hybridized carbons (Fsp3) is 0. The van der Waals surface area contributed by atoms with Crippen LogP contribution in [0.15, 0.2) is 24.4 Å². The predicted octanol–water partition coefficient (Wildman–Crippen LogP) is 3.82. The number of nitriles is 1. The molecule has 2 aromatic rings. The Morgan fingerprint density at radius 3 is 2.47 bits per heavy atom. The number of ether oxygens (including phenoxy) is 1. The van der Waals surface area contributed by atoms with Crippen molar-refractivity contribution in [3.8, 4) is 17.7 Å². The topological polar surface area (TPSA) is 45.9 Å². The molecule has 2 rings (SSSR count). The third kappa shape index (κ3) is 2.77. The van der Waals surface area contributed by atoms with Crippen LogP contribution in [0.5, 0.6) is 11.6 Å². The highest BCUT2D eigenvalue weighted by Gasteiger charge is 2.14. The third-order valence-corrected chi connectivity index (χ3v) is 2.33. The summed E-state index contributed by atoms with van der Waals surface area (Å²) >= 11 is 5.49. The monoisotopic (exact) mass is 284 g/mol. The summed E-state index contributed by atoms with van der Waals surface area (Å²) < 4.78 is 45.0. The van der Waals surface area contributed by atoms with E-state index in [2.05, 4.69) is 4.98 Å². The average Bonchev–Trinajstić information content (AvgIpc) is 2.36. The van der Waals surface area contributed by atoms with Gasteiger partial charge in [0.1, 0.15) is 11.9 Å². The lowest BCUT2D eigenvalue weighted by atomic mass is 10.2. The highest BCUT2D eigenvalue weighted by molar-refractivity contribution is 6.30. The predicted molar refractivity (Wildman–Crippen MR) is 60.4 cm³/mol. The van der Waals surface area contributed by atoms with Gasteiger partial charge in [0.05, 0.1) is 10.6 Å². The molecule has 0 fully saturated rings. The van der Waals surface area contributed by atoms with Crippen molar-refractivity contribution < 1.29 is 17.9 Å². The van der Waals surface area contributed by atoms with Gasteiger partial charge in [-0.15, -0.1) is 0 Å². The summed E-state index contributed by atoms with van der Waals surface area (Å²) in [7, 11) is 0. The second-order valence-corrected chi connectivity index (χ2v) is 3.85. The smallest absolute Gasteiger partial charge is 0.256 e. The zero-order valence-corrected chi connectivity index (χ0v) is 9.88. The molecule has 1 aromatic carbocycles. The van der Waals surface area contributed by atoms with Crippen molar-refractivity contribution in [2.45, 2.75) is 0 Å². The summed E-state index contributed by atoms with van der Waals surface area (Å²) in [6.45, 7) is 0. The van der Waals surface area contributed by atoms with Crippen LogP contribution in [0, 0.1) is 28.8 Å². The quantitative estimate of drug-likeness (QED) is 0.842. The van der Waals surface area contributed by atoms with Crippen molar-refractivity contribution in [1.29, 1.82) is 5.26 Å². The third-order valence-electron chi connectivity index (χ3n) is 2.12. The summed E-state index contributed by atoms with van der Waals surface area (Å²) in [5.74, 6) is -4.03. The molecule has 0 saturated heterocycles. The first kappa shape index (κ1) is 13.2. The Balaban J connectivity index is 2.39. The van der Waals surface area contributed by atoms with Crippen LogP contribution in [0.25, 0.3) is 0 Å². The van der Waals surface area contributed by atoms with Gasteiger partial charge in [-0.25, -0.2) is 18.2 Å². The molecule has 7 heteroatoms. The summed E-state index contributed by atoms with van der Waals surface area (Å²) in [6, 6.07) is 3.68. The van der Waals surface area contributed by atoms with E-state index in [4.69, 9.17) is 21.6 Å². The zero-order chi connectivity index (χ0) is 14.0. The average molecular weight is 285 g/mol. The molecule has 0 spiro atoms. The first-order chi connectivity index (χ1) is 9.01. The van der Waals surface area contributed by atoms with E-state index in [0.29, 0.717) is 12.1 Å². The van der Waals surface area contributed by atoms with Gasteiger partial charge in [0.15, 0.2) is 17.4 Å². The maximum Gasteiger partial charge on any atom is 0.256 e. The molecule has 1 heterocycles. The maximum absolute atomic E-state index is 13.5. The molecule has 0 saturated carbocycles. The number of hydrogen-bond donors (Lipinski definition) is 0. The maximum atomic E-state index is 13.5. The van der Waals surface area contributed by atoms with E-state index in [1.54, 1.807) is 0 Å². The second kappa shape index (κ2) is 5.16. The number of aromatic nitrogens is 1. The minimum Gasteiger partial charge on any atom is -0.433 e. The number of nitrogens with zero attached hydrogens (tertiary/aromatic N) is 2. The number of rotatable bonds is 2. The Kier molecular flexibility index (Phi) is 3.58. The first-order valence-corrected chi connectivity index (χ1v) is 5.27. The van der Waals surface area contributed by atoms with Crippen molar-refractivity contribution in [1.82, 2.24) is 4.98 Å². The molecule has 19 heavy (non-hydrogen) atoms. The van der Waals surface area contributed by atoms with E-state index in [1.165, 1.54) is 6.07 Å². The number of benzene rings is 1. The van der Waals surface area contributed by atoms with Gasteiger partial charge in [-0.2, -0.15) is 5.26 Å². The van der Waals surface area contributed by atoms with Gasteiger partial charge < -0.3 is 4.74 Å². The highest BCUT2D eigenvalue weighted by Crippen LogP contribution is 2.28. The van der Waals surface area contributed by atoms with Gasteiger partial charge in [0, 0.05) is 12.3 Å². The normalized spacial score (nSPS) is 10.1. The summed E-state index contributed by atoms with van der Waals surface area (Å²) in [4.78, 5) is 3.50. The number of pyridine rings is 1. The Labute approximate surface area is 110 Å². The van der Waals surface area contributed by atoms with Gasteiger partial charge in [0.2, 0.25) is 0 Å². The van der Waals surface area contributed by atoms with Crippen molar-refractivity contribution in [3.63, 3.8) is 0 Å². The molecule has 0 unspecified atom stereocenters. The molecule has 0 aliphatic rings. The lowest BCUT2D eigenvalue weighted by Crippen LogP contribution is -1.96. The van der Waals surface area contributed by atoms with Crippen LogP contribution in [0.4, 0.5) is 13.2 Å².